The number of aliphatic carboxylic acids is 1. The minimum atomic E-state index is -3.59. The van der Waals surface area contributed by atoms with Crippen LogP contribution in [-0.4, -0.2) is 55.5 Å². The van der Waals surface area contributed by atoms with Crippen LogP contribution in [0, 0.1) is 0 Å². The molecule has 0 bridgehead atoms. The molecule has 1 aromatic carbocycles. The van der Waals surface area contributed by atoms with Crippen molar-refractivity contribution in [1.29, 1.82) is 0 Å². The zero-order valence-electron chi connectivity index (χ0n) is 15.5. The standard InChI is InChI=1S/C17H27N3O5S/c1-5-10-20(11-16(21)22)13(4)17(23)18-14-6-8-15(9-7-14)26(24,25)19-12(2)3/h6-9,12-13,19H,5,10-11H2,1-4H3,(H,18,23)(H,21,22). The highest BCUT2D eigenvalue weighted by Crippen LogP contribution is 2.15. The number of hydrogen-bond acceptors (Lipinski definition) is 5. The molecular formula is C17H27N3O5S. The molecule has 0 saturated heterocycles. The Morgan fingerprint density at radius 3 is 2.19 bits per heavy atom. The Hall–Kier alpha value is -1.97. The van der Waals surface area contributed by atoms with Gasteiger partial charge in [0.25, 0.3) is 0 Å². The van der Waals surface area contributed by atoms with Crippen LogP contribution >= 0.6 is 0 Å². The van der Waals surface area contributed by atoms with Crippen LogP contribution in [0.3, 0.4) is 0 Å². The van der Waals surface area contributed by atoms with Gasteiger partial charge in [0.15, 0.2) is 0 Å². The van der Waals surface area contributed by atoms with E-state index < -0.39 is 22.0 Å². The van der Waals surface area contributed by atoms with Crippen molar-refractivity contribution >= 4 is 27.6 Å². The van der Waals surface area contributed by atoms with Gasteiger partial charge in [-0.1, -0.05) is 6.92 Å². The quantitative estimate of drug-likeness (QED) is 0.562. The monoisotopic (exact) mass is 385 g/mol. The minimum Gasteiger partial charge on any atom is -0.480 e. The third kappa shape index (κ3) is 6.74. The first-order chi connectivity index (χ1) is 12.1. The molecule has 9 heteroatoms. The molecule has 0 aliphatic carbocycles. The van der Waals surface area contributed by atoms with Crippen molar-refractivity contribution in [3.05, 3.63) is 24.3 Å². The van der Waals surface area contributed by atoms with E-state index in [2.05, 4.69) is 10.0 Å². The SMILES string of the molecule is CCCN(CC(=O)O)C(C)C(=O)Nc1ccc(S(=O)(=O)NC(C)C)cc1. The van der Waals surface area contributed by atoms with E-state index >= 15 is 0 Å². The number of anilines is 1. The van der Waals surface area contributed by atoms with Gasteiger partial charge in [-0.2, -0.15) is 0 Å². The highest BCUT2D eigenvalue weighted by atomic mass is 32.2. The third-order valence-electron chi connectivity index (χ3n) is 3.60. The normalized spacial score (nSPS) is 13.0. The van der Waals surface area contributed by atoms with Crippen molar-refractivity contribution in [1.82, 2.24) is 9.62 Å². The number of benzene rings is 1. The zero-order chi connectivity index (χ0) is 19.9. The minimum absolute atomic E-state index is 0.107. The van der Waals surface area contributed by atoms with Crippen LogP contribution < -0.4 is 10.0 Å². The number of carboxylic acids is 1. The summed E-state index contributed by atoms with van der Waals surface area (Å²) in [4.78, 5) is 25.0. The van der Waals surface area contributed by atoms with Crippen LogP contribution in [0.5, 0.6) is 0 Å². The molecule has 0 aliphatic heterocycles. The van der Waals surface area contributed by atoms with E-state index in [1.807, 2.05) is 6.92 Å². The maximum Gasteiger partial charge on any atom is 0.317 e. The highest BCUT2D eigenvalue weighted by Gasteiger charge is 2.23. The number of rotatable bonds is 10. The van der Waals surface area contributed by atoms with Crippen molar-refractivity contribution < 1.29 is 23.1 Å². The van der Waals surface area contributed by atoms with Crippen LogP contribution in [0.15, 0.2) is 29.2 Å². The number of hydrogen-bond donors (Lipinski definition) is 3. The molecule has 1 atom stereocenters. The van der Waals surface area contributed by atoms with Crippen LogP contribution in [-0.2, 0) is 19.6 Å². The van der Waals surface area contributed by atoms with E-state index in [1.165, 1.54) is 24.3 Å². The molecule has 0 spiro atoms. The number of carbonyl (C=O) groups is 2. The Bertz CT molecular complexity index is 716. The predicted octanol–water partition coefficient (Wildman–Crippen LogP) is 1.50. The number of carbonyl (C=O) groups excluding carboxylic acids is 1. The Morgan fingerprint density at radius 2 is 1.73 bits per heavy atom. The van der Waals surface area contributed by atoms with Gasteiger partial charge >= 0.3 is 5.97 Å². The first-order valence-electron chi connectivity index (χ1n) is 8.46. The van der Waals surface area contributed by atoms with E-state index in [-0.39, 0.29) is 23.4 Å². The fourth-order valence-corrected chi connectivity index (χ4v) is 3.63. The summed E-state index contributed by atoms with van der Waals surface area (Å²) in [6.07, 6.45) is 0.723. The molecule has 1 aromatic rings. The summed E-state index contributed by atoms with van der Waals surface area (Å²) in [6, 6.07) is 4.97. The highest BCUT2D eigenvalue weighted by molar-refractivity contribution is 7.89. The molecule has 26 heavy (non-hydrogen) atoms. The first kappa shape index (κ1) is 22.1. The Morgan fingerprint density at radius 1 is 1.15 bits per heavy atom. The maximum atomic E-state index is 12.4. The molecule has 0 aromatic heterocycles. The van der Waals surface area contributed by atoms with Gasteiger partial charge in [0.05, 0.1) is 17.5 Å². The van der Waals surface area contributed by atoms with Crippen LogP contribution in [0.1, 0.15) is 34.1 Å². The Labute approximate surface area is 154 Å². The lowest BCUT2D eigenvalue weighted by atomic mass is 10.2. The average molecular weight is 385 g/mol. The fourth-order valence-electron chi connectivity index (χ4n) is 2.38. The summed E-state index contributed by atoms with van der Waals surface area (Å²) >= 11 is 0. The molecule has 1 rings (SSSR count). The predicted molar refractivity (Wildman–Crippen MR) is 99.5 cm³/mol. The van der Waals surface area contributed by atoms with E-state index in [1.54, 1.807) is 25.7 Å². The molecule has 0 aliphatic rings. The van der Waals surface area contributed by atoms with Gasteiger partial charge in [-0.05, 0) is 58.0 Å². The molecule has 0 fully saturated rings. The Balaban J connectivity index is 2.82. The number of carboxylic acid groups (broad SMARTS) is 1. The van der Waals surface area contributed by atoms with Gasteiger partial charge in [0.2, 0.25) is 15.9 Å². The van der Waals surface area contributed by atoms with Gasteiger partial charge in [0, 0.05) is 11.7 Å². The smallest absolute Gasteiger partial charge is 0.317 e. The van der Waals surface area contributed by atoms with Gasteiger partial charge in [-0.3, -0.25) is 14.5 Å². The lowest BCUT2D eigenvalue weighted by molar-refractivity contribution is -0.139. The molecule has 8 nitrogen and oxygen atoms in total. The van der Waals surface area contributed by atoms with E-state index in [0.717, 1.165) is 6.42 Å². The largest absolute Gasteiger partial charge is 0.480 e. The molecule has 1 unspecified atom stereocenters. The summed E-state index contributed by atoms with van der Waals surface area (Å²) in [5, 5.41) is 11.6. The second-order valence-electron chi connectivity index (χ2n) is 6.33. The molecule has 0 heterocycles. The summed E-state index contributed by atoms with van der Waals surface area (Å²) < 4.78 is 26.7. The van der Waals surface area contributed by atoms with Crippen LogP contribution in [0.2, 0.25) is 0 Å². The molecular weight excluding hydrogens is 358 g/mol. The number of nitrogens with zero attached hydrogens (tertiary/aromatic N) is 1. The maximum absolute atomic E-state index is 12.4. The van der Waals surface area contributed by atoms with Crippen LogP contribution in [0.4, 0.5) is 5.69 Å². The molecule has 1 amide bonds. The van der Waals surface area contributed by atoms with E-state index in [9.17, 15) is 18.0 Å². The second-order valence-corrected chi connectivity index (χ2v) is 8.04. The summed E-state index contributed by atoms with van der Waals surface area (Å²) in [6.45, 7) is 7.27. The van der Waals surface area contributed by atoms with Crippen molar-refractivity contribution in [2.45, 2.75) is 51.1 Å². The van der Waals surface area contributed by atoms with Crippen molar-refractivity contribution in [2.75, 3.05) is 18.4 Å². The average Bonchev–Trinajstić information content (AvgIpc) is 2.52. The lowest BCUT2D eigenvalue weighted by Gasteiger charge is -2.26. The number of nitrogens with one attached hydrogen (secondary N) is 2. The van der Waals surface area contributed by atoms with Crippen molar-refractivity contribution in [2.24, 2.45) is 0 Å². The summed E-state index contributed by atoms with van der Waals surface area (Å²) in [7, 11) is -3.59. The summed E-state index contributed by atoms with van der Waals surface area (Å²) in [5.41, 5.74) is 0.442. The molecule has 0 radical (unpaired) electrons. The number of sulfonamides is 1. The lowest BCUT2D eigenvalue weighted by Crippen LogP contribution is -2.44. The van der Waals surface area contributed by atoms with Crippen LogP contribution in [0.25, 0.3) is 0 Å². The van der Waals surface area contributed by atoms with Crippen molar-refractivity contribution in [3.8, 4) is 0 Å². The molecule has 0 saturated carbocycles. The number of amides is 1. The van der Waals surface area contributed by atoms with Gasteiger partial charge in [0.1, 0.15) is 0 Å². The second kappa shape index (κ2) is 9.65. The van der Waals surface area contributed by atoms with Gasteiger partial charge < -0.3 is 10.4 Å². The van der Waals surface area contributed by atoms with E-state index in [0.29, 0.717) is 12.2 Å². The van der Waals surface area contributed by atoms with Crippen molar-refractivity contribution in [3.63, 3.8) is 0 Å². The third-order valence-corrected chi connectivity index (χ3v) is 5.27. The van der Waals surface area contributed by atoms with Gasteiger partial charge in [-0.15, -0.1) is 0 Å². The molecule has 146 valence electrons. The molecule has 3 N–H and O–H groups in total. The fraction of sp³-hybridized carbons (Fsp3) is 0.529. The summed E-state index contributed by atoms with van der Waals surface area (Å²) in [5.74, 6) is -1.35. The van der Waals surface area contributed by atoms with Gasteiger partial charge in [-0.25, -0.2) is 13.1 Å². The Kier molecular flexibility index (Phi) is 8.19. The first-order valence-corrected chi connectivity index (χ1v) is 9.94. The zero-order valence-corrected chi connectivity index (χ0v) is 16.3. The topological polar surface area (TPSA) is 116 Å². The van der Waals surface area contributed by atoms with E-state index in [4.69, 9.17) is 5.11 Å².